The van der Waals surface area contributed by atoms with E-state index in [-0.39, 0.29) is 18.5 Å². The number of para-hydroxylation sites is 1. The third-order valence-electron chi connectivity index (χ3n) is 4.38. The summed E-state index contributed by atoms with van der Waals surface area (Å²) in [6.45, 7) is 4.59. The number of methoxy groups -OCH3 is 1. The van der Waals surface area contributed by atoms with Crippen molar-refractivity contribution in [3.63, 3.8) is 0 Å². The van der Waals surface area contributed by atoms with Crippen LogP contribution in [0.1, 0.15) is 26.3 Å². The van der Waals surface area contributed by atoms with Crippen LogP contribution in [0, 0.1) is 0 Å². The summed E-state index contributed by atoms with van der Waals surface area (Å²) < 4.78 is 10.3. The van der Waals surface area contributed by atoms with E-state index in [2.05, 4.69) is 0 Å². The maximum Gasteiger partial charge on any atom is 0.418 e. The minimum atomic E-state index is -1.22. The second-order valence-corrected chi connectivity index (χ2v) is 6.64. The molecule has 0 spiro atoms. The van der Waals surface area contributed by atoms with Crippen molar-refractivity contribution in [2.75, 3.05) is 20.7 Å². The lowest BCUT2D eigenvalue weighted by Gasteiger charge is -2.27. The molecule has 1 fully saturated rings. The Morgan fingerprint density at radius 2 is 1.96 bits per heavy atom. The molecule has 1 saturated heterocycles. The van der Waals surface area contributed by atoms with E-state index >= 15 is 0 Å². The van der Waals surface area contributed by atoms with Gasteiger partial charge in [-0.3, -0.25) is 9.59 Å². The number of amides is 3. The molecule has 0 N–H and O–H groups in total. The van der Waals surface area contributed by atoms with E-state index in [0.717, 1.165) is 16.2 Å². The second kappa shape index (κ2) is 7.13. The summed E-state index contributed by atoms with van der Waals surface area (Å²) in [7, 11) is 3.25. The molecule has 0 saturated carbocycles. The number of rotatable bonds is 6. The lowest BCUT2D eigenvalue weighted by Crippen LogP contribution is -2.46. The van der Waals surface area contributed by atoms with Gasteiger partial charge in [0.05, 0.1) is 7.11 Å². The highest BCUT2D eigenvalue weighted by Crippen LogP contribution is 2.24. The lowest BCUT2D eigenvalue weighted by atomic mass is 10.0. The Bertz CT molecular complexity index is 686. The second-order valence-electron chi connectivity index (χ2n) is 6.64. The zero-order valence-electron chi connectivity index (χ0n) is 15.2. The van der Waals surface area contributed by atoms with Gasteiger partial charge < -0.3 is 14.4 Å². The molecule has 1 atom stereocenters. The number of carbonyl (C=O) groups is 3. The van der Waals surface area contributed by atoms with Crippen LogP contribution >= 0.6 is 0 Å². The molecule has 0 aromatic heterocycles. The number of benzene rings is 1. The van der Waals surface area contributed by atoms with Crippen molar-refractivity contribution in [1.29, 1.82) is 0 Å². The summed E-state index contributed by atoms with van der Waals surface area (Å²) in [6, 6.07) is 7.47. The highest BCUT2D eigenvalue weighted by molar-refractivity contribution is 6.04. The van der Waals surface area contributed by atoms with E-state index in [9.17, 15) is 14.4 Å². The van der Waals surface area contributed by atoms with Crippen LogP contribution in [0.3, 0.4) is 0 Å². The quantitative estimate of drug-likeness (QED) is 0.784. The first kappa shape index (κ1) is 18.8. The lowest BCUT2D eigenvalue weighted by molar-refractivity contribution is -0.140. The van der Waals surface area contributed by atoms with E-state index in [0.29, 0.717) is 6.42 Å². The Balaban J connectivity index is 2.02. The Morgan fingerprint density at radius 1 is 1.32 bits per heavy atom. The van der Waals surface area contributed by atoms with Crippen LogP contribution in [-0.4, -0.2) is 60.1 Å². The molecule has 1 heterocycles. The molecular formula is C18H24N2O5. The van der Waals surface area contributed by atoms with Crippen molar-refractivity contribution in [2.45, 2.75) is 38.8 Å². The Morgan fingerprint density at radius 3 is 2.52 bits per heavy atom. The molecule has 25 heavy (non-hydrogen) atoms. The van der Waals surface area contributed by atoms with Crippen LogP contribution in [0.5, 0.6) is 5.75 Å². The van der Waals surface area contributed by atoms with E-state index in [1.165, 1.54) is 18.7 Å². The maximum atomic E-state index is 12.5. The summed E-state index contributed by atoms with van der Waals surface area (Å²) in [6.07, 6.45) is -0.190. The Kier molecular flexibility index (Phi) is 5.35. The number of carbonyl (C=O) groups excluding carboxylic acids is 3. The highest BCUT2D eigenvalue weighted by atomic mass is 16.6. The summed E-state index contributed by atoms with van der Waals surface area (Å²) in [5.74, 6) is -0.0720. The Hall–Kier alpha value is -2.57. The van der Waals surface area contributed by atoms with Gasteiger partial charge in [-0.15, -0.1) is 0 Å². The summed E-state index contributed by atoms with van der Waals surface area (Å²) in [5, 5.41) is 0. The minimum absolute atomic E-state index is 0.134. The van der Waals surface area contributed by atoms with Crippen molar-refractivity contribution in [3.8, 4) is 5.75 Å². The monoisotopic (exact) mass is 348 g/mol. The fraction of sp³-hybridized carbons (Fsp3) is 0.500. The summed E-state index contributed by atoms with van der Waals surface area (Å²) in [5.41, 5.74) is -0.242. The number of ether oxygens (including phenoxy) is 2. The van der Waals surface area contributed by atoms with Gasteiger partial charge in [0.15, 0.2) is 5.60 Å². The number of imide groups is 1. The predicted molar refractivity (Wildman–Crippen MR) is 91.2 cm³/mol. The van der Waals surface area contributed by atoms with Crippen LogP contribution in [-0.2, 0) is 20.7 Å². The fourth-order valence-electron chi connectivity index (χ4n) is 2.68. The number of hydrogen-bond donors (Lipinski definition) is 0. The Labute approximate surface area is 147 Å². The zero-order chi connectivity index (χ0) is 18.8. The predicted octanol–water partition coefficient (Wildman–Crippen LogP) is 1.84. The van der Waals surface area contributed by atoms with E-state index in [4.69, 9.17) is 9.47 Å². The van der Waals surface area contributed by atoms with Crippen LogP contribution in [0.15, 0.2) is 24.3 Å². The maximum absolute atomic E-state index is 12.5. The van der Waals surface area contributed by atoms with Crippen LogP contribution in [0.2, 0.25) is 0 Å². The van der Waals surface area contributed by atoms with Crippen molar-refractivity contribution < 1.29 is 23.9 Å². The smallest absolute Gasteiger partial charge is 0.418 e. The molecule has 1 aromatic rings. The molecule has 2 rings (SSSR count). The average Bonchev–Trinajstić information content (AvgIpc) is 2.76. The molecule has 0 bridgehead atoms. The largest absolute Gasteiger partial charge is 0.496 e. The number of likely N-dealkylation sites (N-methyl/N-ethyl adjacent to an activating group) is 1. The molecule has 7 nitrogen and oxygen atoms in total. The van der Waals surface area contributed by atoms with Crippen LogP contribution in [0.25, 0.3) is 0 Å². The van der Waals surface area contributed by atoms with Gasteiger partial charge in [-0.1, -0.05) is 18.2 Å². The third kappa shape index (κ3) is 3.92. The molecule has 3 amide bonds. The van der Waals surface area contributed by atoms with Gasteiger partial charge in [0, 0.05) is 13.1 Å². The van der Waals surface area contributed by atoms with E-state index in [1.54, 1.807) is 14.2 Å². The molecule has 1 aliphatic rings. The number of nitrogens with zero attached hydrogens (tertiary/aromatic N) is 2. The van der Waals surface area contributed by atoms with Crippen molar-refractivity contribution in [2.24, 2.45) is 0 Å². The average molecular weight is 348 g/mol. The third-order valence-corrected chi connectivity index (χ3v) is 4.38. The van der Waals surface area contributed by atoms with Crippen LogP contribution < -0.4 is 4.74 Å². The zero-order valence-corrected chi connectivity index (χ0v) is 15.2. The standard InChI is InChI=1S/C18H24N2O5/c1-12(10-13-8-6-7-9-14(13)24-5)19(4)15(21)11-20-16(22)18(2,3)25-17(20)23/h6-9,12H,10-11H2,1-5H3/t12-/m1/s1. The van der Waals surface area contributed by atoms with Crippen molar-refractivity contribution in [1.82, 2.24) is 9.80 Å². The SMILES string of the molecule is COc1ccccc1C[C@@H](C)N(C)C(=O)CN1C(=O)OC(C)(C)C1=O. The van der Waals surface area contributed by atoms with Gasteiger partial charge in [0.1, 0.15) is 12.3 Å². The molecule has 136 valence electrons. The van der Waals surface area contributed by atoms with Gasteiger partial charge in [-0.05, 0) is 38.8 Å². The van der Waals surface area contributed by atoms with Gasteiger partial charge in [-0.2, -0.15) is 0 Å². The molecule has 1 aliphatic heterocycles. The first-order valence-electron chi connectivity index (χ1n) is 8.10. The van der Waals surface area contributed by atoms with Gasteiger partial charge in [0.25, 0.3) is 5.91 Å². The molecule has 0 unspecified atom stereocenters. The minimum Gasteiger partial charge on any atom is -0.496 e. The molecule has 0 radical (unpaired) electrons. The normalized spacial score (nSPS) is 17.2. The first-order chi connectivity index (χ1) is 11.7. The number of hydrogen-bond acceptors (Lipinski definition) is 5. The molecule has 7 heteroatoms. The van der Waals surface area contributed by atoms with Gasteiger partial charge in [0.2, 0.25) is 5.91 Å². The van der Waals surface area contributed by atoms with E-state index < -0.39 is 17.6 Å². The van der Waals surface area contributed by atoms with Crippen molar-refractivity contribution >= 4 is 17.9 Å². The fourth-order valence-corrected chi connectivity index (χ4v) is 2.68. The summed E-state index contributed by atoms with van der Waals surface area (Å²) in [4.78, 5) is 38.8. The van der Waals surface area contributed by atoms with Gasteiger partial charge >= 0.3 is 6.09 Å². The van der Waals surface area contributed by atoms with Crippen molar-refractivity contribution in [3.05, 3.63) is 29.8 Å². The highest BCUT2D eigenvalue weighted by Gasteiger charge is 2.47. The van der Waals surface area contributed by atoms with E-state index in [1.807, 2.05) is 31.2 Å². The molecule has 0 aliphatic carbocycles. The molecule has 1 aromatic carbocycles. The molecular weight excluding hydrogens is 324 g/mol. The van der Waals surface area contributed by atoms with Crippen LogP contribution in [0.4, 0.5) is 4.79 Å². The summed E-state index contributed by atoms with van der Waals surface area (Å²) >= 11 is 0. The number of cyclic esters (lactones) is 1. The van der Waals surface area contributed by atoms with Gasteiger partial charge in [-0.25, -0.2) is 9.69 Å². The first-order valence-corrected chi connectivity index (χ1v) is 8.10. The topological polar surface area (TPSA) is 76.2 Å².